The molecule has 4 nitrogen and oxygen atoms in total. The molecule has 104 valence electrons. The largest absolute Gasteiger partial charge is 0.550 e. The summed E-state index contributed by atoms with van der Waals surface area (Å²) in [6.45, 7) is 2.81. The molecule has 0 heterocycles. The van der Waals surface area contributed by atoms with Crippen molar-refractivity contribution >= 4 is 11.9 Å². The lowest BCUT2D eigenvalue weighted by atomic mass is 9.78. The zero-order valence-corrected chi connectivity index (χ0v) is 11.2. The van der Waals surface area contributed by atoms with Gasteiger partial charge in [-0.1, -0.05) is 39.0 Å². The van der Waals surface area contributed by atoms with E-state index in [1.807, 2.05) is 0 Å². The number of carboxylic acids is 1. The molecular weight excluding hydrogens is 230 g/mol. The molecule has 1 rings (SSSR count). The molecule has 4 heteroatoms. The van der Waals surface area contributed by atoms with Crippen LogP contribution in [0.5, 0.6) is 0 Å². The summed E-state index contributed by atoms with van der Waals surface area (Å²) in [6.07, 6.45) is 7.53. The molecule has 2 atom stereocenters. The van der Waals surface area contributed by atoms with Crippen molar-refractivity contribution in [2.45, 2.75) is 58.3 Å². The number of carboxylic acid groups (broad SMARTS) is 1. The summed E-state index contributed by atoms with van der Waals surface area (Å²) in [5.41, 5.74) is 0. The smallest absolute Gasteiger partial charge is 0.223 e. The standard InChI is InChI=1S/C14H25NO3/c1-2-3-4-7-10-15-13(16)11-8-5-6-9-12(11)14(17)18/h11-12H,2-10H2,1H3,(H,15,16)(H,17,18)/p-1/t11-,12-/m0/s1. The van der Waals surface area contributed by atoms with E-state index >= 15 is 0 Å². The third-order valence-corrected chi connectivity index (χ3v) is 3.74. The molecule has 1 aliphatic rings. The Hall–Kier alpha value is -1.06. The molecule has 0 aromatic heterocycles. The van der Waals surface area contributed by atoms with Crippen LogP contribution in [0.4, 0.5) is 0 Å². The summed E-state index contributed by atoms with van der Waals surface area (Å²) < 4.78 is 0. The quantitative estimate of drug-likeness (QED) is 0.695. The second kappa shape index (κ2) is 8.11. The molecule has 0 bridgehead atoms. The van der Waals surface area contributed by atoms with Crippen LogP contribution in [0.2, 0.25) is 0 Å². The highest BCUT2D eigenvalue weighted by Gasteiger charge is 2.31. The van der Waals surface area contributed by atoms with E-state index in [4.69, 9.17) is 0 Å². The third kappa shape index (κ3) is 4.67. The normalized spacial score (nSPS) is 23.6. The number of carbonyl (C=O) groups is 2. The number of aliphatic carboxylic acids is 1. The Balaban J connectivity index is 2.32. The van der Waals surface area contributed by atoms with Crippen LogP contribution in [0.1, 0.15) is 58.3 Å². The molecule has 1 amide bonds. The van der Waals surface area contributed by atoms with E-state index in [9.17, 15) is 14.7 Å². The van der Waals surface area contributed by atoms with Crippen molar-refractivity contribution in [3.8, 4) is 0 Å². The molecule has 1 fully saturated rings. The Labute approximate surface area is 109 Å². The molecule has 0 radical (unpaired) electrons. The number of hydrogen-bond acceptors (Lipinski definition) is 3. The van der Waals surface area contributed by atoms with Crippen molar-refractivity contribution in [3.63, 3.8) is 0 Å². The van der Waals surface area contributed by atoms with Crippen LogP contribution in [-0.4, -0.2) is 18.4 Å². The Bertz CT molecular complexity index is 278. The Kier molecular flexibility index (Phi) is 6.76. The average Bonchev–Trinajstić information content (AvgIpc) is 2.38. The summed E-state index contributed by atoms with van der Waals surface area (Å²) in [5, 5.41) is 13.9. The second-order valence-corrected chi connectivity index (χ2v) is 5.17. The van der Waals surface area contributed by atoms with Crippen molar-refractivity contribution in [2.75, 3.05) is 6.54 Å². The first kappa shape index (κ1) is 15.0. The first-order valence-corrected chi connectivity index (χ1v) is 7.15. The predicted molar refractivity (Wildman–Crippen MR) is 67.6 cm³/mol. The first-order valence-electron chi connectivity index (χ1n) is 7.15. The highest BCUT2D eigenvalue weighted by molar-refractivity contribution is 5.84. The Morgan fingerprint density at radius 1 is 1.11 bits per heavy atom. The Morgan fingerprint density at radius 3 is 2.39 bits per heavy atom. The van der Waals surface area contributed by atoms with Gasteiger partial charge in [0.05, 0.1) is 0 Å². The molecular formula is C14H24NO3-. The fourth-order valence-corrected chi connectivity index (χ4v) is 2.62. The average molecular weight is 254 g/mol. The molecule has 18 heavy (non-hydrogen) atoms. The van der Waals surface area contributed by atoms with Gasteiger partial charge in [-0.2, -0.15) is 0 Å². The van der Waals surface area contributed by atoms with Gasteiger partial charge in [0, 0.05) is 24.3 Å². The van der Waals surface area contributed by atoms with Crippen LogP contribution in [0.15, 0.2) is 0 Å². The zero-order chi connectivity index (χ0) is 13.4. The molecule has 0 saturated heterocycles. The van der Waals surface area contributed by atoms with Crippen LogP contribution in [0.25, 0.3) is 0 Å². The van der Waals surface area contributed by atoms with Crippen molar-refractivity contribution in [1.29, 1.82) is 0 Å². The fourth-order valence-electron chi connectivity index (χ4n) is 2.62. The molecule has 0 aliphatic heterocycles. The number of rotatable bonds is 7. The molecule has 0 aromatic rings. The number of hydrogen-bond donors (Lipinski definition) is 1. The van der Waals surface area contributed by atoms with Crippen molar-refractivity contribution in [1.82, 2.24) is 5.32 Å². The predicted octanol–water partition coefficient (Wildman–Crippen LogP) is 1.24. The summed E-state index contributed by atoms with van der Waals surface area (Å²) in [4.78, 5) is 22.9. The van der Waals surface area contributed by atoms with Gasteiger partial charge >= 0.3 is 0 Å². The first-order chi connectivity index (χ1) is 8.66. The molecule has 0 aromatic carbocycles. The minimum atomic E-state index is -1.07. The fraction of sp³-hybridized carbons (Fsp3) is 0.857. The van der Waals surface area contributed by atoms with Crippen LogP contribution in [0.3, 0.4) is 0 Å². The third-order valence-electron chi connectivity index (χ3n) is 3.74. The van der Waals surface area contributed by atoms with E-state index in [0.717, 1.165) is 25.7 Å². The Morgan fingerprint density at radius 2 is 1.78 bits per heavy atom. The molecule has 0 spiro atoms. The van der Waals surface area contributed by atoms with Gasteiger partial charge in [0.2, 0.25) is 5.91 Å². The van der Waals surface area contributed by atoms with E-state index in [0.29, 0.717) is 19.4 Å². The summed E-state index contributed by atoms with van der Waals surface area (Å²) in [6, 6.07) is 0. The van der Waals surface area contributed by atoms with Crippen LogP contribution >= 0.6 is 0 Å². The molecule has 0 unspecified atom stereocenters. The summed E-state index contributed by atoms with van der Waals surface area (Å²) >= 11 is 0. The van der Waals surface area contributed by atoms with Gasteiger partial charge in [-0.15, -0.1) is 0 Å². The molecule has 1 saturated carbocycles. The number of nitrogens with one attached hydrogen (secondary N) is 1. The van der Waals surface area contributed by atoms with Crippen LogP contribution in [0, 0.1) is 11.8 Å². The van der Waals surface area contributed by atoms with Gasteiger partial charge in [0.1, 0.15) is 0 Å². The lowest BCUT2D eigenvalue weighted by Crippen LogP contribution is -2.44. The highest BCUT2D eigenvalue weighted by Crippen LogP contribution is 2.29. The van der Waals surface area contributed by atoms with E-state index in [1.165, 1.54) is 12.8 Å². The van der Waals surface area contributed by atoms with Crippen molar-refractivity contribution in [3.05, 3.63) is 0 Å². The highest BCUT2D eigenvalue weighted by atomic mass is 16.4. The lowest BCUT2D eigenvalue weighted by Gasteiger charge is -2.31. The van der Waals surface area contributed by atoms with Gasteiger partial charge < -0.3 is 15.2 Å². The molecule has 1 aliphatic carbocycles. The minimum absolute atomic E-state index is 0.0969. The van der Waals surface area contributed by atoms with E-state index in [1.54, 1.807) is 0 Å². The second-order valence-electron chi connectivity index (χ2n) is 5.17. The maximum atomic E-state index is 11.9. The zero-order valence-electron chi connectivity index (χ0n) is 11.2. The SMILES string of the molecule is CCCCCCNC(=O)[C@H]1CCCC[C@@H]1C(=O)[O-]. The number of unbranched alkanes of at least 4 members (excludes halogenated alkanes) is 3. The van der Waals surface area contributed by atoms with E-state index in [2.05, 4.69) is 12.2 Å². The number of carbonyl (C=O) groups excluding carboxylic acids is 2. The summed E-state index contributed by atoms with van der Waals surface area (Å²) in [7, 11) is 0. The lowest BCUT2D eigenvalue weighted by molar-refractivity contribution is -0.314. The van der Waals surface area contributed by atoms with Gasteiger partial charge in [-0.05, 0) is 19.3 Å². The van der Waals surface area contributed by atoms with E-state index < -0.39 is 11.9 Å². The maximum absolute atomic E-state index is 11.9. The molecule has 1 N–H and O–H groups in total. The topological polar surface area (TPSA) is 69.2 Å². The van der Waals surface area contributed by atoms with E-state index in [-0.39, 0.29) is 11.8 Å². The monoisotopic (exact) mass is 254 g/mol. The van der Waals surface area contributed by atoms with Crippen molar-refractivity contribution < 1.29 is 14.7 Å². The van der Waals surface area contributed by atoms with Crippen LogP contribution < -0.4 is 10.4 Å². The van der Waals surface area contributed by atoms with Crippen molar-refractivity contribution in [2.24, 2.45) is 11.8 Å². The van der Waals surface area contributed by atoms with Crippen LogP contribution in [-0.2, 0) is 9.59 Å². The number of amides is 1. The van der Waals surface area contributed by atoms with Gasteiger partial charge in [-0.3, -0.25) is 4.79 Å². The van der Waals surface area contributed by atoms with Gasteiger partial charge in [0.15, 0.2) is 0 Å². The maximum Gasteiger partial charge on any atom is 0.223 e. The minimum Gasteiger partial charge on any atom is -0.550 e. The van der Waals surface area contributed by atoms with Gasteiger partial charge in [0.25, 0.3) is 0 Å². The van der Waals surface area contributed by atoms with Gasteiger partial charge in [-0.25, -0.2) is 0 Å². The summed E-state index contributed by atoms with van der Waals surface area (Å²) in [5.74, 6) is -2.13.